The van der Waals surface area contributed by atoms with Crippen LogP contribution in [0.25, 0.3) is 0 Å². The van der Waals surface area contributed by atoms with Crippen LogP contribution in [0, 0.1) is 0 Å². The van der Waals surface area contributed by atoms with Crippen molar-refractivity contribution in [3.05, 3.63) is 92.1 Å². The number of para-hydroxylation sites is 1. The molecule has 10 heteroatoms. The van der Waals surface area contributed by atoms with Gasteiger partial charge in [0.25, 0.3) is 11.5 Å². The Morgan fingerprint density at radius 2 is 1.57 bits per heavy atom. The van der Waals surface area contributed by atoms with Crippen LogP contribution in [0.1, 0.15) is 44.4 Å². The van der Waals surface area contributed by atoms with Crippen LogP contribution in [0.3, 0.4) is 0 Å². The molecule has 0 aliphatic rings. The first-order valence-electron chi connectivity index (χ1n) is 10.9. The van der Waals surface area contributed by atoms with Crippen LogP contribution >= 0.6 is 0 Å². The van der Waals surface area contributed by atoms with Gasteiger partial charge in [0.1, 0.15) is 11.4 Å². The molecule has 0 fully saturated rings. The fourth-order valence-corrected chi connectivity index (χ4v) is 3.56. The largest absolute Gasteiger partial charge is 0.454 e. The zero-order valence-electron chi connectivity index (χ0n) is 19.7. The summed E-state index contributed by atoms with van der Waals surface area (Å²) in [6.07, 6.45) is 0.549. The number of nitrogen functional groups attached to an aromatic ring is 1. The van der Waals surface area contributed by atoms with Crippen LogP contribution in [0.4, 0.5) is 11.5 Å². The van der Waals surface area contributed by atoms with Gasteiger partial charge in [-0.15, -0.1) is 0 Å². The first-order chi connectivity index (χ1) is 16.7. The van der Waals surface area contributed by atoms with Crippen LogP contribution in [-0.4, -0.2) is 40.4 Å². The average Bonchev–Trinajstić information content (AvgIpc) is 2.88. The lowest BCUT2D eigenvalue weighted by atomic mass is 10.1. The Kier molecular flexibility index (Phi) is 7.65. The number of nitrogens with zero attached hydrogens (tertiary/aromatic N) is 3. The summed E-state index contributed by atoms with van der Waals surface area (Å²) in [7, 11) is 2.82. The van der Waals surface area contributed by atoms with Crippen molar-refractivity contribution in [2.75, 3.05) is 24.3 Å². The highest BCUT2D eigenvalue weighted by Crippen LogP contribution is 2.18. The third-order valence-electron chi connectivity index (χ3n) is 5.47. The number of rotatable bonds is 8. The molecule has 2 aromatic carbocycles. The number of benzene rings is 2. The number of nitrogens with two attached hydrogens (primary N) is 1. The van der Waals surface area contributed by atoms with Crippen LogP contribution < -0.4 is 21.9 Å². The number of Topliss-reactive ketones (excluding diaryl/α,β-unsaturated/α-hetero) is 1. The van der Waals surface area contributed by atoms with E-state index in [0.29, 0.717) is 12.1 Å². The Morgan fingerprint density at radius 3 is 2.20 bits per heavy atom. The van der Waals surface area contributed by atoms with E-state index in [0.717, 1.165) is 9.13 Å². The van der Waals surface area contributed by atoms with Gasteiger partial charge in [-0.1, -0.05) is 37.3 Å². The summed E-state index contributed by atoms with van der Waals surface area (Å²) in [4.78, 5) is 64.9. The van der Waals surface area contributed by atoms with Gasteiger partial charge in [-0.25, -0.2) is 9.59 Å². The van der Waals surface area contributed by atoms with Crippen molar-refractivity contribution in [1.29, 1.82) is 0 Å². The number of ether oxygens (including phenoxy) is 1. The quantitative estimate of drug-likeness (QED) is 0.386. The number of anilines is 2. The second-order valence-corrected chi connectivity index (χ2v) is 7.80. The summed E-state index contributed by atoms with van der Waals surface area (Å²) in [5.74, 6) is -2.49. The van der Waals surface area contributed by atoms with Crippen molar-refractivity contribution in [3.63, 3.8) is 0 Å². The lowest BCUT2D eigenvalue weighted by Gasteiger charge is -2.19. The molecule has 1 aromatic heterocycles. The number of carbonyl (C=O) groups is 3. The van der Waals surface area contributed by atoms with E-state index >= 15 is 0 Å². The SMILES string of the molecule is CCCn1c(N)c(C(=O)COC(=O)c2ccccc2C(=O)N(C)c2ccccc2)c(=O)n(C)c1=O. The van der Waals surface area contributed by atoms with Crippen molar-refractivity contribution < 1.29 is 19.1 Å². The van der Waals surface area contributed by atoms with Crippen molar-refractivity contribution in [2.24, 2.45) is 7.05 Å². The zero-order chi connectivity index (χ0) is 25.7. The van der Waals surface area contributed by atoms with Crippen molar-refractivity contribution in [2.45, 2.75) is 19.9 Å². The monoisotopic (exact) mass is 478 g/mol. The van der Waals surface area contributed by atoms with Gasteiger partial charge >= 0.3 is 11.7 Å². The second kappa shape index (κ2) is 10.6. The maximum Gasteiger partial charge on any atom is 0.339 e. The van der Waals surface area contributed by atoms with E-state index < -0.39 is 41.1 Å². The molecule has 3 aromatic rings. The Bertz CT molecular complexity index is 1390. The molecule has 2 N–H and O–H groups in total. The number of ketones is 1. The number of amides is 1. The molecule has 0 aliphatic heterocycles. The molecule has 0 atom stereocenters. The third-order valence-corrected chi connectivity index (χ3v) is 5.47. The highest BCUT2D eigenvalue weighted by atomic mass is 16.5. The molecular formula is C25H26N4O6. The summed E-state index contributed by atoms with van der Waals surface area (Å²) >= 11 is 0. The predicted molar refractivity (Wildman–Crippen MR) is 131 cm³/mol. The minimum Gasteiger partial charge on any atom is -0.454 e. The summed E-state index contributed by atoms with van der Waals surface area (Å²) in [5.41, 5.74) is 4.68. The average molecular weight is 479 g/mol. The van der Waals surface area contributed by atoms with Gasteiger partial charge in [0.15, 0.2) is 6.61 Å². The summed E-state index contributed by atoms with van der Waals surface area (Å²) in [6.45, 7) is 1.23. The van der Waals surface area contributed by atoms with Gasteiger partial charge in [-0.05, 0) is 30.7 Å². The fourth-order valence-electron chi connectivity index (χ4n) is 3.56. The van der Waals surface area contributed by atoms with E-state index in [1.165, 1.54) is 24.1 Å². The lowest BCUT2D eigenvalue weighted by Crippen LogP contribution is -2.43. The third kappa shape index (κ3) is 5.06. The highest BCUT2D eigenvalue weighted by Gasteiger charge is 2.25. The summed E-state index contributed by atoms with van der Waals surface area (Å²) in [6, 6.07) is 14.9. The molecule has 0 bridgehead atoms. The Morgan fingerprint density at radius 1 is 0.971 bits per heavy atom. The first-order valence-corrected chi connectivity index (χ1v) is 10.9. The van der Waals surface area contributed by atoms with Gasteiger partial charge in [0.05, 0.1) is 11.1 Å². The Labute approximate surface area is 201 Å². The fraction of sp³-hybridized carbons (Fsp3) is 0.240. The molecule has 0 saturated heterocycles. The van der Waals surface area contributed by atoms with Crippen molar-refractivity contribution >= 4 is 29.2 Å². The van der Waals surface area contributed by atoms with Gasteiger partial charge < -0.3 is 15.4 Å². The Balaban J connectivity index is 1.84. The van der Waals surface area contributed by atoms with Crippen molar-refractivity contribution in [3.8, 4) is 0 Å². The van der Waals surface area contributed by atoms with E-state index in [1.54, 1.807) is 43.4 Å². The van der Waals surface area contributed by atoms with Gasteiger partial charge in [0, 0.05) is 26.3 Å². The Hall–Kier alpha value is -4.47. The molecule has 0 saturated carbocycles. The number of carbonyl (C=O) groups excluding carboxylic acids is 3. The molecule has 182 valence electrons. The van der Waals surface area contributed by atoms with E-state index in [4.69, 9.17) is 10.5 Å². The van der Waals surface area contributed by atoms with Crippen LogP contribution in [0.5, 0.6) is 0 Å². The molecule has 1 amide bonds. The predicted octanol–water partition coefficient (Wildman–Crippen LogP) is 1.86. The molecule has 0 spiro atoms. The van der Waals surface area contributed by atoms with E-state index in [2.05, 4.69) is 0 Å². The van der Waals surface area contributed by atoms with Gasteiger partial charge in [-0.3, -0.25) is 23.5 Å². The van der Waals surface area contributed by atoms with E-state index in [1.807, 2.05) is 13.0 Å². The number of hydrogen-bond donors (Lipinski definition) is 1. The molecule has 1 heterocycles. The maximum atomic E-state index is 13.0. The van der Waals surface area contributed by atoms with E-state index in [-0.39, 0.29) is 23.5 Å². The minimum absolute atomic E-state index is 0.0371. The first kappa shape index (κ1) is 25.2. The molecule has 10 nitrogen and oxygen atoms in total. The molecule has 0 unspecified atom stereocenters. The normalized spacial score (nSPS) is 10.6. The smallest absolute Gasteiger partial charge is 0.339 e. The topological polar surface area (TPSA) is 134 Å². The summed E-state index contributed by atoms with van der Waals surface area (Å²) < 4.78 is 7.07. The van der Waals surface area contributed by atoms with E-state index in [9.17, 15) is 24.0 Å². The molecular weight excluding hydrogens is 452 g/mol. The maximum absolute atomic E-state index is 13.0. The van der Waals surface area contributed by atoms with Crippen LogP contribution in [0.2, 0.25) is 0 Å². The lowest BCUT2D eigenvalue weighted by molar-refractivity contribution is 0.0472. The van der Waals surface area contributed by atoms with Gasteiger partial charge in [-0.2, -0.15) is 0 Å². The number of esters is 1. The highest BCUT2D eigenvalue weighted by molar-refractivity contribution is 6.12. The molecule has 0 aliphatic carbocycles. The minimum atomic E-state index is -0.916. The molecule has 35 heavy (non-hydrogen) atoms. The van der Waals surface area contributed by atoms with Crippen molar-refractivity contribution in [1.82, 2.24) is 9.13 Å². The number of hydrogen-bond acceptors (Lipinski definition) is 7. The molecule has 0 radical (unpaired) electrons. The molecule has 3 rings (SSSR count). The number of aromatic nitrogens is 2. The van der Waals surface area contributed by atoms with Crippen LogP contribution in [0.15, 0.2) is 64.2 Å². The zero-order valence-corrected chi connectivity index (χ0v) is 19.7. The standard InChI is InChI=1S/C25H26N4O6/c1-4-14-29-21(26)20(23(32)28(3)25(29)34)19(30)15-35-24(33)18-13-9-8-12-17(18)22(31)27(2)16-10-6-5-7-11-16/h5-13H,4,14-15,26H2,1-3H3. The second-order valence-electron chi connectivity index (χ2n) is 7.80. The van der Waals surface area contributed by atoms with Crippen LogP contribution in [-0.2, 0) is 18.3 Å². The van der Waals surface area contributed by atoms with Gasteiger partial charge in [0.2, 0.25) is 5.78 Å². The summed E-state index contributed by atoms with van der Waals surface area (Å²) in [5, 5.41) is 0.